The molecule has 0 atom stereocenters. The first-order valence-electron chi connectivity index (χ1n) is 11.9. The number of hydrogen-bond acceptors (Lipinski definition) is 5. The van der Waals surface area contributed by atoms with Crippen LogP contribution in [0.2, 0.25) is 0 Å². The molecule has 2 aliphatic carbocycles. The van der Waals surface area contributed by atoms with Crippen molar-refractivity contribution in [1.82, 2.24) is 29.9 Å². The first-order valence-corrected chi connectivity index (χ1v) is 11.9. The van der Waals surface area contributed by atoms with Gasteiger partial charge in [-0.25, -0.2) is 9.78 Å². The van der Waals surface area contributed by atoms with Gasteiger partial charge in [0.05, 0.1) is 23.0 Å². The molecule has 2 fully saturated rings. The summed E-state index contributed by atoms with van der Waals surface area (Å²) in [5.41, 5.74) is 6.83. The van der Waals surface area contributed by atoms with Gasteiger partial charge in [0.1, 0.15) is 0 Å². The minimum Gasteiger partial charge on any atom is -0.465 e. The van der Waals surface area contributed by atoms with Gasteiger partial charge in [0.2, 0.25) is 0 Å². The number of rotatable bonds is 4. The molecule has 0 unspecified atom stereocenters. The molecule has 0 saturated heterocycles. The minimum absolute atomic E-state index is 0.163. The van der Waals surface area contributed by atoms with Crippen LogP contribution in [0.1, 0.15) is 54.7 Å². The fraction of sp³-hybridized carbons (Fsp3) is 0.583. The van der Waals surface area contributed by atoms with E-state index in [1.807, 2.05) is 24.9 Å². The zero-order valence-corrected chi connectivity index (χ0v) is 19.6. The summed E-state index contributed by atoms with van der Waals surface area (Å²) in [6.45, 7) is 6.83. The summed E-state index contributed by atoms with van der Waals surface area (Å²) in [5, 5.41) is 22.6. The van der Waals surface area contributed by atoms with Crippen LogP contribution in [0.5, 0.6) is 0 Å². The predicted octanol–water partition coefficient (Wildman–Crippen LogP) is 3.31. The molecule has 3 aromatic rings. The molecule has 33 heavy (non-hydrogen) atoms. The number of aryl methyl sites for hydroxylation is 3. The van der Waals surface area contributed by atoms with Crippen LogP contribution in [-0.2, 0) is 26.6 Å². The van der Waals surface area contributed by atoms with Crippen LogP contribution in [0.4, 0.5) is 10.5 Å². The van der Waals surface area contributed by atoms with Crippen LogP contribution in [-0.4, -0.2) is 47.8 Å². The van der Waals surface area contributed by atoms with Crippen molar-refractivity contribution >= 4 is 22.8 Å². The molecule has 4 heterocycles. The molecule has 1 amide bonds. The molecule has 6 rings (SSSR count). The molecule has 2 saturated carbocycles. The number of carboxylic acid groups (broad SMARTS) is 1. The lowest BCUT2D eigenvalue weighted by molar-refractivity contribution is 0.177. The van der Waals surface area contributed by atoms with E-state index in [2.05, 4.69) is 38.0 Å². The van der Waals surface area contributed by atoms with E-state index < -0.39 is 6.09 Å². The Hall–Kier alpha value is -3.10. The molecule has 3 aromatic heterocycles. The van der Waals surface area contributed by atoms with Crippen molar-refractivity contribution in [1.29, 1.82) is 0 Å². The van der Waals surface area contributed by atoms with E-state index in [1.54, 1.807) is 0 Å². The van der Waals surface area contributed by atoms with Gasteiger partial charge < -0.3 is 15.3 Å². The standard InChI is InChI=1S/C24H31N7O2/c1-15-10-20(17-11-25-29(3)21(17)26-15)30-9-4-19-18(12-30)16(2)28-31(19)14-23-5-7-24(13-23,8-6-23)27-22(32)33/h10-11,27H,4-9,12-14H2,1-3H3,(H,32,33). The quantitative estimate of drug-likeness (QED) is 0.634. The fourth-order valence-corrected chi connectivity index (χ4v) is 6.74. The van der Waals surface area contributed by atoms with Crippen LogP contribution >= 0.6 is 0 Å². The molecular weight excluding hydrogens is 418 g/mol. The number of hydrogen-bond donors (Lipinski definition) is 2. The summed E-state index contributed by atoms with van der Waals surface area (Å²) < 4.78 is 4.09. The molecule has 0 radical (unpaired) electrons. The number of fused-ring (bicyclic) bond motifs is 4. The summed E-state index contributed by atoms with van der Waals surface area (Å²) in [5.74, 6) is 0. The highest BCUT2D eigenvalue weighted by atomic mass is 16.4. The fourth-order valence-electron chi connectivity index (χ4n) is 6.74. The summed E-state index contributed by atoms with van der Waals surface area (Å²) in [6, 6.07) is 2.17. The third-order valence-electron chi connectivity index (χ3n) is 8.33. The van der Waals surface area contributed by atoms with Gasteiger partial charge in [0.15, 0.2) is 5.65 Å². The van der Waals surface area contributed by atoms with Gasteiger partial charge in [-0.2, -0.15) is 10.2 Å². The molecular formula is C24H31N7O2. The van der Waals surface area contributed by atoms with Gasteiger partial charge in [-0.15, -0.1) is 0 Å². The highest BCUT2D eigenvalue weighted by molar-refractivity contribution is 5.89. The maximum Gasteiger partial charge on any atom is 0.405 e. The van der Waals surface area contributed by atoms with Crippen molar-refractivity contribution in [3.05, 3.63) is 34.9 Å². The molecule has 174 valence electrons. The monoisotopic (exact) mass is 449 g/mol. The number of amides is 1. The smallest absolute Gasteiger partial charge is 0.405 e. The van der Waals surface area contributed by atoms with Gasteiger partial charge in [-0.1, -0.05) is 0 Å². The Balaban J connectivity index is 1.27. The van der Waals surface area contributed by atoms with Crippen molar-refractivity contribution in [3.63, 3.8) is 0 Å². The number of carbonyl (C=O) groups is 1. The number of nitrogens with zero attached hydrogens (tertiary/aromatic N) is 6. The number of pyridine rings is 1. The van der Waals surface area contributed by atoms with E-state index >= 15 is 0 Å². The van der Waals surface area contributed by atoms with Crippen LogP contribution in [0.3, 0.4) is 0 Å². The number of aromatic nitrogens is 5. The van der Waals surface area contributed by atoms with Crippen molar-refractivity contribution in [2.45, 2.75) is 71.0 Å². The summed E-state index contributed by atoms with van der Waals surface area (Å²) in [4.78, 5) is 18.4. The Kier molecular flexibility index (Phi) is 4.32. The zero-order valence-electron chi connectivity index (χ0n) is 19.6. The van der Waals surface area contributed by atoms with Crippen LogP contribution < -0.4 is 10.2 Å². The maximum atomic E-state index is 11.3. The van der Waals surface area contributed by atoms with E-state index in [4.69, 9.17) is 5.10 Å². The second kappa shape index (κ2) is 6.95. The molecule has 9 nitrogen and oxygen atoms in total. The average Bonchev–Trinajstić information content (AvgIpc) is 3.49. The maximum absolute atomic E-state index is 11.3. The van der Waals surface area contributed by atoms with Crippen LogP contribution in [0, 0.1) is 19.3 Å². The lowest BCUT2D eigenvalue weighted by Crippen LogP contribution is -2.44. The van der Waals surface area contributed by atoms with Gasteiger partial charge in [-0.3, -0.25) is 9.36 Å². The van der Waals surface area contributed by atoms with Crippen molar-refractivity contribution in [2.75, 3.05) is 11.4 Å². The molecule has 1 aliphatic heterocycles. The van der Waals surface area contributed by atoms with Gasteiger partial charge in [-0.05, 0) is 57.4 Å². The Morgan fingerprint density at radius 3 is 2.79 bits per heavy atom. The summed E-state index contributed by atoms with van der Waals surface area (Å²) in [7, 11) is 1.94. The molecule has 3 aliphatic rings. The first kappa shape index (κ1) is 20.5. The third-order valence-corrected chi connectivity index (χ3v) is 8.33. The number of anilines is 1. The first-order chi connectivity index (χ1) is 15.8. The Morgan fingerprint density at radius 2 is 2.03 bits per heavy atom. The Morgan fingerprint density at radius 1 is 1.24 bits per heavy atom. The predicted molar refractivity (Wildman–Crippen MR) is 124 cm³/mol. The molecule has 0 aromatic carbocycles. The van der Waals surface area contributed by atoms with E-state index in [0.717, 1.165) is 80.6 Å². The van der Waals surface area contributed by atoms with Gasteiger partial charge in [0.25, 0.3) is 0 Å². The third kappa shape index (κ3) is 3.20. The average molecular weight is 450 g/mol. The lowest BCUT2D eigenvalue weighted by atomic mass is 9.84. The van der Waals surface area contributed by atoms with E-state index in [9.17, 15) is 9.90 Å². The largest absolute Gasteiger partial charge is 0.465 e. The highest BCUT2D eigenvalue weighted by Gasteiger charge is 2.55. The Labute approximate surface area is 192 Å². The van der Waals surface area contributed by atoms with Gasteiger partial charge >= 0.3 is 6.09 Å². The summed E-state index contributed by atoms with van der Waals surface area (Å²) >= 11 is 0. The normalized spacial score (nSPS) is 26.2. The van der Waals surface area contributed by atoms with E-state index in [1.165, 1.54) is 16.9 Å². The van der Waals surface area contributed by atoms with E-state index in [0.29, 0.717) is 0 Å². The van der Waals surface area contributed by atoms with Crippen molar-refractivity contribution in [2.24, 2.45) is 12.5 Å². The SMILES string of the molecule is Cc1cc(N2CCc3c(c(C)nn3CC34CCC(NC(=O)O)(CC3)C4)C2)c2cnn(C)c2n1. The van der Waals surface area contributed by atoms with E-state index in [-0.39, 0.29) is 11.0 Å². The second-order valence-corrected chi connectivity index (χ2v) is 10.5. The Bertz CT molecular complexity index is 1270. The topological polar surface area (TPSA) is 101 Å². The van der Waals surface area contributed by atoms with Crippen molar-refractivity contribution < 1.29 is 9.90 Å². The van der Waals surface area contributed by atoms with Gasteiger partial charge in [0, 0.05) is 55.6 Å². The van der Waals surface area contributed by atoms with Crippen LogP contribution in [0.15, 0.2) is 12.3 Å². The minimum atomic E-state index is -0.894. The highest BCUT2D eigenvalue weighted by Crippen LogP contribution is 2.57. The molecule has 2 bridgehead atoms. The van der Waals surface area contributed by atoms with Crippen LogP contribution in [0.25, 0.3) is 11.0 Å². The second-order valence-electron chi connectivity index (χ2n) is 10.5. The molecule has 9 heteroatoms. The number of nitrogens with one attached hydrogen (secondary N) is 1. The molecule has 0 spiro atoms. The zero-order chi connectivity index (χ0) is 23.0. The lowest BCUT2D eigenvalue weighted by Gasteiger charge is -2.32. The summed E-state index contributed by atoms with van der Waals surface area (Å²) in [6.07, 6.45) is 6.93. The molecule has 2 N–H and O–H groups in total. The van der Waals surface area contributed by atoms with Crippen molar-refractivity contribution in [3.8, 4) is 0 Å².